The van der Waals surface area contributed by atoms with Crippen molar-refractivity contribution in [3.8, 4) is 5.75 Å². The lowest BCUT2D eigenvalue weighted by Gasteiger charge is -2.08. The van der Waals surface area contributed by atoms with E-state index < -0.39 is 0 Å². The van der Waals surface area contributed by atoms with Gasteiger partial charge < -0.3 is 10.1 Å². The van der Waals surface area contributed by atoms with Gasteiger partial charge in [0.2, 0.25) is 0 Å². The van der Waals surface area contributed by atoms with Gasteiger partial charge in [-0.1, -0.05) is 0 Å². The lowest BCUT2D eigenvalue weighted by molar-refractivity contribution is -0.123. The van der Waals surface area contributed by atoms with Crippen LogP contribution in [0.3, 0.4) is 0 Å². The van der Waals surface area contributed by atoms with Gasteiger partial charge in [-0.15, -0.1) is 0 Å². The van der Waals surface area contributed by atoms with Crippen molar-refractivity contribution in [2.24, 2.45) is 0 Å². The number of aromatic nitrogens is 3. The second-order valence-corrected chi connectivity index (χ2v) is 5.45. The number of benzene rings is 1. The lowest BCUT2D eigenvalue weighted by Crippen LogP contribution is -2.29. The standard InChI is InChI=1S/C14H15FN4O2S/c15-9-1-5-11(6-2-9)21-8-13(20)16-7-12-17-18-14(22)19(12)10-3-4-10/h1-2,5-6,10H,3-4,7-8H2,(H,16,20)(H,18,22). The fourth-order valence-electron chi connectivity index (χ4n) is 2.08. The molecule has 0 unspecified atom stereocenters. The van der Waals surface area contributed by atoms with Gasteiger partial charge in [-0.3, -0.25) is 14.5 Å². The number of hydrogen-bond acceptors (Lipinski definition) is 4. The van der Waals surface area contributed by atoms with Crippen molar-refractivity contribution < 1.29 is 13.9 Å². The molecule has 1 aliphatic carbocycles. The summed E-state index contributed by atoms with van der Waals surface area (Å²) < 4.78 is 20.5. The highest BCUT2D eigenvalue weighted by Gasteiger charge is 2.27. The number of nitrogens with zero attached hydrogens (tertiary/aromatic N) is 2. The maximum absolute atomic E-state index is 12.7. The summed E-state index contributed by atoms with van der Waals surface area (Å²) in [4.78, 5) is 11.8. The quantitative estimate of drug-likeness (QED) is 0.799. The molecule has 0 radical (unpaired) electrons. The normalized spacial score (nSPS) is 13.9. The molecule has 6 nitrogen and oxygen atoms in total. The molecule has 116 valence electrons. The highest BCUT2D eigenvalue weighted by Crippen LogP contribution is 2.35. The smallest absolute Gasteiger partial charge is 0.258 e. The highest BCUT2D eigenvalue weighted by molar-refractivity contribution is 7.71. The highest BCUT2D eigenvalue weighted by atomic mass is 32.1. The number of H-pyrrole nitrogens is 1. The van der Waals surface area contributed by atoms with Crippen LogP contribution in [0.4, 0.5) is 4.39 Å². The topological polar surface area (TPSA) is 71.9 Å². The predicted molar refractivity (Wildman–Crippen MR) is 79.4 cm³/mol. The molecule has 1 amide bonds. The summed E-state index contributed by atoms with van der Waals surface area (Å²) in [5, 5.41) is 9.60. The molecule has 1 heterocycles. The average molecular weight is 322 g/mol. The van der Waals surface area contributed by atoms with E-state index in [0.717, 1.165) is 12.8 Å². The van der Waals surface area contributed by atoms with E-state index in [1.165, 1.54) is 24.3 Å². The molecule has 2 aromatic rings. The van der Waals surface area contributed by atoms with E-state index in [4.69, 9.17) is 17.0 Å². The molecule has 1 fully saturated rings. The van der Waals surface area contributed by atoms with Gasteiger partial charge in [0.05, 0.1) is 6.54 Å². The monoisotopic (exact) mass is 322 g/mol. The van der Waals surface area contributed by atoms with Gasteiger partial charge in [0.15, 0.2) is 17.2 Å². The first-order valence-electron chi connectivity index (χ1n) is 6.94. The van der Waals surface area contributed by atoms with Gasteiger partial charge in [-0.25, -0.2) is 4.39 Å². The first kappa shape index (κ1) is 14.7. The summed E-state index contributed by atoms with van der Waals surface area (Å²) in [5.41, 5.74) is 0. The Morgan fingerprint density at radius 1 is 1.45 bits per heavy atom. The third kappa shape index (κ3) is 3.51. The Morgan fingerprint density at radius 3 is 2.86 bits per heavy atom. The Hall–Kier alpha value is -2.22. The van der Waals surface area contributed by atoms with Crippen LogP contribution in [0.2, 0.25) is 0 Å². The summed E-state index contributed by atoms with van der Waals surface area (Å²) in [7, 11) is 0. The van der Waals surface area contributed by atoms with Crippen LogP contribution >= 0.6 is 12.2 Å². The minimum absolute atomic E-state index is 0.139. The van der Waals surface area contributed by atoms with Gasteiger partial charge in [0, 0.05) is 6.04 Å². The van der Waals surface area contributed by atoms with Gasteiger partial charge in [-0.2, -0.15) is 5.10 Å². The summed E-state index contributed by atoms with van der Waals surface area (Å²) in [6, 6.07) is 5.90. The third-order valence-electron chi connectivity index (χ3n) is 3.32. The van der Waals surface area contributed by atoms with E-state index in [0.29, 0.717) is 22.4 Å². The number of amides is 1. The van der Waals surface area contributed by atoms with Gasteiger partial charge >= 0.3 is 0 Å². The van der Waals surface area contributed by atoms with Gasteiger partial charge in [0.1, 0.15) is 11.6 Å². The van der Waals surface area contributed by atoms with E-state index in [9.17, 15) is 9.18 Å². The summed E-state index contributed by atoms with van der Waals surface area (Å²) in [6.07, 6.45) is 2.17. The Balaban J connectivity index is 1.50. The zero-order valence-electron chi connectivity index (χ0n) is 11.7. The zero-order valence-corrected chi connectivity index (χ0v) is 12.5. The van der Waals surface area contributed by atoms with Crippen molar-refractivity contribution in [2.45, 2.75) is 25.4 Å². The fourth-order valence-corrected chi connectivity index (χ4v) is 2.38. The van der Waals surface area contributed by atoms with Crippen molar-refractivity contribution in [3.63, 3.8) is 0 Å². The van der Waals surface area contributed by atoms with Crippen LogP contribution in [0, 0.1) is 10.6 Å². The lowest BCUT2D eigenvalue weighted by atomic mass is 10.3. The molecule has 1 aromatic carbocycles. The molecule has 0 bridgehead atoms. The Morgan fingerprint density at radius 2 is 2.18 bits per heavy atom. The van der Waals surface area contributed by atoms with E-state index in [1.54, 1.807) is 0 Å². The molecule has 0 saturated heterocycles. The average Bonchev–Trinajstić information content (AvgIpc) is 3.28. The van der Waals surface area contributed by atoms with Crippen molar-refractivity contribution in [1.82, 2.24) is 20.1 Å². The van der Waals surface area contributed by atoms with Gasteiger partial charge in [-0.05, 0) is 49.3 Å². The molecule has 8 heteroatoms. The van der Waals surface area contributed by atoms with Crippen LogP contribution in [0.25, 0.3) is 0 Å². The maximum atomic E-state index is 12.7. The Labute approximate surface area is 131 Å². The minimum atomic E-state index is -0.348. The molecule has 0 aliphatic heterocycles. The van der Waals surface area contributed by atoms with Crippen LogP contribution in [0.15, 0.2) is 24.3 Å². The Kier molecular flexibility index (Phi) is 4.19. The molecule has 0 atom stereocenters. The molecule has 2 N–H and O–H groups in total. The van der Waals surface area contributed by atoms with E-state index >= 15 is 0 Å². The number of nitrogens with one attached hydrogen (secondary N) is 2. The summed E-state index contributed by atoms with van der Waals surface area (Å²) in [5.74, 6) is 0.528. The van der Waals surface area contributed by atoms with Crippen LogP contribution in [0.5, 0.6) is 5.75 Å². The van der Waals surface area contributed by atoms with Gasteiger partial charge in [0.25, 0.3) is 5.91 Å². The second-order valence-electron chi connectivity index (χ2n) is 5.07. The van der Waals surface area contributed by atoms with E-state index in [-0.39, 0.29) is 24.9 Å². The molecular formula is C14H15FN4O2S. The van der Waals surface area contributed by atoms with Crippen LogP contribution in [0.1, 0.15) is 24.7 Å². The second kappa shape index (κ2) is 6.27. The third-order valence-corrected chi connectivity index (χ3v) is 3.60. The molecule has 22 heavy (non-hydrogen) atoms. The summed E-state index contributed by atoms with van der Waals surface area (Å²) in [6.45, 7) is 0.148. The molecule has 0 spiro atoms. The van der Waals surface area contributed by atoms with Crippen LogP contribution in [-0.2, 0) is 11.3 Å². The van der Waals surface area contributed by atoms with Crippen molar-refractivity contribution in [3.05, 3.63) is 40.7 Å². The molecule has 3 rings (SSSR count). The minimum Gasteiger partial charge on any atom is -0.484 e. The first-order chi connectivity index (χ1) is 10.6. The van der Waals surface area contributed by atoms with E-state index in [1.807, 2.05) is 4.57 Å². The van der Waals surface area contributed by atoms with Crippen LogP contribution < -0.4 is 10.1 Å². The number of halogens is 1. The number of aromatic amines is 1. The predicted octanol–water partition coefficient (Wildman–Crippen LogP) is 2.11. The fraction of sp³-hybridized carbons (Fsp3) is 0.357. The Bertz CT molecular complexity index is 721. The SMILES string of the molecule is O=C(COc1ccc(F)cc1)NCc1n[nH]c(=S)n1C1CC1. The number of ether oxygens (including phenoxy) is 1. The summed E-state index contributed by atoms with van der Waals surface area (Å²) >= 11 is 5.17. The maximum Gasteiger partial charge on any atom is 0.258 e. The molecule has 1 aromatic heterocycles. The number of carbonyl (C=O) groups is 1. The van der Waals surface area contributed by atoms with E-state index in [2.05, 4.69) is 15.5 Å². The van der Waals surface area contributed by atoms with Crippen LogP contribution in [-0.4, -0.2) is 27.3 Å². The zero-order chi connectivity index (χ0) is 15.5. The first-order valence-corrected chi connectivity index (χ1v) is 7.35. The number of carbonyl (C=O) groups excluding carboxylic acids is 1. The largest absolute Gasteiger partial charge is 0.484 e. The number of hydrogen-bond donors (Lipinski definition) is 2. The molecular weight excluding hydrogens is 307 g/mol. The molecule has 1 aliphatic rings. The molecule has 1 saturated carbocycles. The van der Waals surface area contributed by atoms with Crippen molar-refractivity contribution >= 4 is 18.1 Å². The number of rotatable bonds is 6. The van der Waals surface area contributed by atoms with Crippen molar-refractivity contribution in [2.75, 3.05) is 6.61 Å². The van der Waals surface area contributed by atoms with Crippen molar-refractivity contribution in [1.29, 1.82) is 0 Å².